The lowest BCUT2D eigenvalue weighted by atomic mass is 9.93. The molecule has 2 aromatic rings. The molecule has 0 unspecified atom stereocenters. The number of aromatic nitrogens is 1. The Bertz CT molecular complexity index is 897. The highest BCUT2D eigenvalue weighted by atomic mass is 32.1. The van der Waals surface area contributed by atoms with Gasteiger partial charge in [-0.05, 0) is 13.0 Å². The maximum atomic E-state index is 12.8. The first-order valence-electron chi connectivity index (χ1n) is 9.60. The second kappa shape index (κ2) is 9.46. The van der Waals surface area contributed by atoms with Crippen LogP contribution < -0.4 is 24.8 Å². The van der Waals surface area contributed by atoms with Crippen molar-refractivity contribution in [3.8, 4) is 17.2 Å². The summed E-state index contributed by atoms with van der Waals surface area (Å²) >= 11 is 1.58. The fourth-order valence-electron chi connectivity index (χ4n) is 2.70. The first-order valence-corrected chi connectivity index (χ1v) is 10.5. The first kappa shape index (κ1) is 22.1. The second-order valence-electron chi connectivity index (χ2n) is 7.62. The van der Waals surface area contributed by atoms with Crippen molar-refractivity contribution in [1.82, 2.24) is 15.6 Å². The monoisotopic (exact) mass is 440 g/mol. The molecule has 3 rings (SSSR count). The van der Waals surface area contributed by atoms with Gasteiger partial charge in [0.25, 0.3) is 0 Å². The zero-order valence-electron chi connectivity index (χ0n) is 17.4. The number of hydrogen-bond acceptors (Lipinski definition) is 6. The van der Waals surface area contributed by atoms with E-state index in [4.69, 9.17) is 9.47 Å². The fraction of sp³-hybridized carbons (Fsp3) is 0.500. The molecule has 1 aromatic heterocycles. The van der Waals surface area contributed by atoms with Crippen LogP contribution in [0.5, 0.6) is 17.2 Å². The predicted octanol–water partition coefficient (Wildman–Crippen LogP) is 4.03. The molecule has 0 spiro atoms. The maximum absolute atomic E-state index is 12.8. The highest BCUT2D eigenvalue weighted by molar-refractivity contribution is 7.09. The SMILES string of the molecule is CCNC(=NCc1cc2c(cc1OC(F)F)OCO2)NCc1nc(C(C)(C)C)cs1. The van der Waals surface area contributed by atoms with Crippen LogP contribution >= 0.6 is 11.3 Å². The number of guanidine groups is 1. The Balaban J connectivity index is 1.72. The minimum Gasteiger partial charge on any atom is -0.454 e. The van der Waals surface area contributed by atoms with E-state index in [-0.39, 0.29) is 24.5 Å². The number of ether oxygens (including phenoxy) is 3. The number of thiazole rings is 1. The van der Waals surface area contributed by atoms with Crippen LogP contribution in [0.3, 0.4) is 0 Å². The maximum Gasteiger partial charge on any atom is 0.387 e. The van der Waals surface area contributed by atoms with E-state index in [9.17, 15) is 8.78 Å². The fourth-order valence-corrected chi connectivity index (χ4v) is 3.66. The van der Waals surface area contributed by atoms with Crippen LogP contribution in [0.2, 0.25) is 0 Å². The lowest BCUT2D eigenvalue weighted by molar-refractivity contribution is -0.0505. The Labute approximate surface area is 178 Å². The lowest BCUT2D eigenvalue weighted by Gasteiger charge is -2.14. The number of rotatable bonds is 7. The van der Waals surface area contributed by atoms with Crippen molar-refractivity contribution in [2.45, 2.75) is 52.8 Å². The number of fused-ring (bicyclic) bond motifs is 1. The van der Waals surface area contributed by atoms with Crippen LogP contribution in [0, 0.1) is 0 Å². The summed E-state index contributed by atoms with van der Waals surface area (Å²) in [7, 11) is 0. The van der Waals surface area contributed by atoms with E-state index in [1.165, 1.54) is 6.07 Å². The number of nitrogens with zero attached hydrogens (tertiary/aromatic N) is 2. The van der Waals surface area contributed by atoms with Crippen LogP contribution in [0.4, 0.5) is 8.78 Å². The van der Waals surface area contributed by atoms with E-state index < -0.39 is 6.61 Å². The summed E-state index contributed by atoms with van der Waals surface area (Å²) in [6.45, 7) is 6.70. The summed E-state index contributed by atoms with van der Waals surface area (Å²) in [5.74, 6) is 1.42. The molecule has 164 valence electrons. The summed E-state index contributed by atoms with van der Waals surface area (Å²) in [6, 6.07) is 3.02. The van der Waals surface area contributed by atoms with Crippen molar-refractivity contribution in [3.63, 3.8) is 0 Å². The average molecular weight is 441 g/mol. The van der Waals surface area contributed by atoms with Crippen molar-refractivity contribution in [2.75, 3.05) is 13.3 Å². The minimum atomic E-state index is -2.94. The van der Waals surface area contributed by atoms with Gasteiger partial charge in [-0.2, -0.15) is 8.78 Å². The van der Waals surface area contributed by atoms with Crippen molar-refractivity contribution >= 4 is 17.3 Å². The van der Waals surface area contributed by atoms with Crippen molar-refractivity contribution in [3.05, 3.63) is 33.8 Å². The van der Waals surface area contributed by atoms with Gasteiger partial charge in [0.15, 0.2) is 17.5 Å². The predicted molar refractivity (Wildman–Crippen MR) is 112 cm³/mol. The van der Waals surface area contributed by atoms with Gasteiger partial charge in [-0.1, -0.05) is 20.8 Å². The molecule has 0 saturated heterocycles. The summed E-state index contributed by atoms with van der Waals surface area (Å²) in [5, 5.41) is 9.37. The molecular weight excluding hydrogens is 414 g/mol. The summed E-state index contributed by atoms with van der Waals surface area (Å²) in [6.07, 6.45) is 0. The Morgan fingerprint density at radius 1 is 1.27 bits per heavy atom. The molecule has 0 bridgehead atoms. The normalized spacial score (nSPS) is 13.6. The third-order valence-electron chi connectivity index (χ3n) is 4.25. The van der Waals surface area contributed by atoms with E-state index in [1.807, 2.05) is 6.92 Å². The third kappa shape index (κ3) is 5.71. The van der Waals surface area contributed by atoms with Gasteiger partial charge >= 0.3 is 6.61 Å². The molecule has 1 aliphatic rings. The Morgan fingerprint density at radius 2 is 2.00 bits per heavy atom. The summed E-state index contributed by atoms with van der Waals surface area (Å²) < 4.78 is 40.8. The molecule has 0 radical (unpaired) electrons. The first-order chi connectivity index (χ1) is 14.3. The van der Waals surface area contributed by atoms with E-state index >= 15 is 0 Å². The van der Waals surface area contributed by atoms with Gasteiger partial charge in [0.05, 0.1) is 18.8 Å². The number of halogens is 2. The van der Waals surface area contributed by atoms with Gasteiger partial charge in [-0.3, -0.25) is 0 Å². The number of hydrogen-bond donors (Lipinski definition) is 2. The standard InChI is InChI=1S/C20H26F2N4O3S/c1-5-23-19(25-9-17-26-16(10-30-17)20(2,3)4)24-8-12-6-14-15(28-11-27-14)7-13(12)29-18(21)22/h6-7,10,18H,5,8-9,11H2,1-4H3,(H2,23,24,25). The van der Waals surface area contributed by atoms with Crippen LogP contribution in [0.1, 0.15) is 44.0 Å². The topological polar surface area (TPSA) is 77.0 Å². The molecule has 0 amide bonds. The molecule has 0 fully saturated rings. The molecule has 2 heterocycles. The molecule has 2 N–H and O–H groups in total. The van der Waals surface area contributed by atoms with Gasteiger partial charge in [-0.25, -0.2) is 9.98 Å². The lowest BCUT2D eigenvalue weighted by Crippen LogP contribution is -2.36. The summed E-state index contributed by atoms with van der Waals surface area (Å²) in [4.78, 5) is 9.16. The second-order valence-corrected chi connectivity index (χ2v) is 8.56. The molecule has 1 aliphatic heterocycles. The van der Waals surface area contributed by atoms with Crippen LogP contribution in [0.15, 0.2) is 22.5 Å². The van der Waals surface area contributed by atoms with Gasteiger partial charge in [-0.15, -0.1) is 11.3 Å². The van der Waals surface area contributed by atoms with Crippen LogP contribution in [0.25, 0.3) is 0 Å². The van der Waals surface area contributed by atoms with Gasteiger partial charge in [0.2, 0.25) is 6.79 Å². The summed E-state index contributed by atoms with van der Waals surface area (Å²) in [5.41, 5.74) is 1.51. The van der Waals surface area contributed by atoms with E-state index in [2.05, 4.69) is 51.5 Å². The Hall–Kier alpha value is -2.62. The molecule has 10 heteroatoms. The van der Waals surface area contributed by atoms with Gasteiger partial charge in [0.1, 0.15) is 10.8 Å². The molecule has 30 heavy (non-hydrogen) atoms. The van der Waals surface area contributed by atoms with Crippen molar-refractivity contribution in [2.24, 2.45) is 4.99 Å². The third-order valence-corrected chi connectivity index (χ3v) is 5.10. The molecule has 0 atom stereocenters. The van der Waals surface area contributed by atoms with Crippen LogP contribution in [-0.4, -0.2) is 30.9 Å². The Kier molecular flexibility index (Phi) is 6.96. The van der Waals surface area contributed by atoms with E-state index in [0.29, 0.717) is 36.1 Å². The number of nitrogens with one attached hydrogen (secondary N) is 2. The Morgan fingerprint density at radius 3 is 2.63 bits per heavy atom. The van der Waals surface area contributed by atoms with Gasteiger partial charge < -0.3 is 24.8 Å². The van der Waals surface area contributed by atoms with Crippen LogP contribution in [-0.2, 0) is 18.5 Å². The van der Waals surface area contributed by atoms with E-state index in [0.717, 1.165) is 10.7 Å². The number of alkyl halides is 2. The molecule has 0 aliphatic carbocycles. The zero-order valence-corrected chi connectivity index (χ0v) is 18.2. The highest BCUT2D eigenvalue weighted by Gasteiger charge is 2.20. The largest absolute Gasteiger partial charge is 0.454 e. The smallest absolute Gasteiger partial charge is 0.387 e. The van der Waals surface area contributed by atoms with Crippen molar-refractivity contribution in [1.29, 1.82) is 0 Å². The molecule has 7 nitrogen and oxygen atoms in total. The number of aliphatic imine (C=N–C) groups is 1. The molecular formula is C20H26F2N4O3S. The quantitative estimate of drug-likeness (QED) is 0.500. The minimum absolute atomic E-state index is 0.00616. The highest BCUT2D eigenvalue weighted by Crippen LogP contribution is 2.39. The number of benzene rings is 1. The molecule has 1 aromatic carbocycles. The van der Waals surface area contributed by atoms with E-state index in [1.54, 1.807) is 17.4 Å². The molecule has 0 saturated carbocycles. The van der Waals surface area contributed by atoms with Gasteiger partial charge in [0, 0.05) is 29.0 Å². The average Bonchev–Trinajstić information content (AvgIpc) is 3.32. The van der Waals surface area contributed by atoms with Crippen molar-refractivity contribution < 1.29 is 23.0 Å². The zero-order chi connectivity index (χ0) is 21.7.